The van der Waals surface area contributed by atoms with E-state index < -0.39 is 0 Å². The van der Waals surface area contributed by atoms with Gasteiger partial charge in [0.25, 0.3) is 0 Å². The van der Waals surface area contributed by atoms with Gasteiger partial charge in [-0.15, -0.1) is 0 Å². The van der Waals surface area contributed by atoms with E-state index in [0.29, 0.717) is 5.82 Å². The van der Waals surface area contributed by atoms with Crippen LogP contribution in [0, 0.1) is 0 Å². The normalized spacial score (nSPS) is 16.6. The summed E-state index contributed by atoms with van der Waals surface area (Å²) >= 11 is 5.71. The second kappa shape index (κ2) is 4.38. The maximum absolute atomic E-state index is 12.0. The fourth-order valence-electron chi connectivity index (χ4n) is 2.11. The van der Waals surface area contributed by atoms with Crippen molar-refractivity contribution in [1.29, 1.82) is 0 Å². The number of hydrogen-bond donors (Lipinski definition) is 1. The van der Waals surface area contributed by atoms with Crippen LogP contribution in [0.5, 0.6) is 0 Å². The molecule has 0 saturated carbocycles. The highest BCUT2D eigenvalue weighted by Gasteiger charge is 2.31. The monoisotopic (exact) mass is 259 g/mol. The molecule has 1 aromatic carbocycles. The van der Waals surface area contributed by atoms with Crippen LogP contribution in [0.3, 0.4) is 0 Å². The molecule has 4 nitrogen and oxygen atoms in total. The molecule has 0 bridgehead atoms. The Hall–Kier alpha value is -1.94. The van der Waals surface area contributed by atoms with Gasteiger partial charge in [-0.05, 0) is 17.5 Å². The van der Waals surface area contributed by atoms with Crippen LogP contribution in [0.1, 0.15) is 17.0 Å². The summed E-state index contributed by atoms with van der Waals surface area (Å²) in [6.07, 6.45) is 3.68. The van der Waals surface area contributed by atoms with Gasteiger partial charge in [-0.1, -0.05) is 35.9 Å². The quantitative estimate of drug-likeness (QED) is 0.901. The van der Waals surface area contributed by atoms with E-state index in [9.17, 15) is 4.79 Å². The number of rotatable bonds is 2. The average Bonchev–Trinajstić information content (AvgIpc) is 2.30. The van der Waals surface area contributed by atoms with E-state index >= 15 is 0 Å². The predicted molar refractivity (Wildman–Crippen MR) is 68.6 cm³/mol. The second-order valence-corrected chi connectivity index (χ2v) is 4.56. The smallest absolute Gasteiger partial charge is 0.233 e. The van der Waals surface area contributed by atoms with E-state index in [0.717, 1.165) is 12.0 Å². The van der Waals surface area contributed by atoms with Gasteiger partial charge in [0.1, 0.15) is 5.15 Å². The third-order valence-corrected chi connectivity index (χ3v) is 3.21. The van der Waals surface area contributed by atoms with E-state index in [-0.39, 0.29) is 17.0 Å². The Bertz CT molecular complexity index is 615. The molecule has 1 aromatic heterocycles. The molecule has 1 aliphatic rings. The minimum Gasteiger partial charge on any atom is -0.309 e. The Morgan fingerprint density at radius 3 is 2.94 bits per heavy atom. The first-order chi connectivity index (χ1) is 8.74. The van der Waals surface area contributed by atoms with Crippen molar-refractivity contribution in [3.8, 4) is 0 Å². The molecule has 3 rings (SSSR count). The molecule has 1 amide bonds. The number of amides is 1. The standard InChI is InChI=1S/C13H10ClN3O/c14-11-6-15-7-12(16-11)17-13(18)10-5-8-3-1-2-4-9(8)10/h1-4,6-7,10H,5H2,(H,16,17,18). The molecule has 0 saturated heterocycles. The van der Waals surface area contributed by atoms with Crippen LogP contribution in [0.25, 0.3) is 0 Å². The fourth-order valence-corrected chi connectivity index (χ4v) is 2.26. The van der Waals surface area contributed by atoms with Gasteiger partial charge < -0.3 is 5.32 Å². The zero-order valence-corrected chi connectivity index (χ0v) is 10.2. The van der Waals surface area contributed by atoms with Crippen molar-refractivity contribution in [2.45, 2.75) is 12.3 Å². The molecule has 1 heterocycles. The number of fused-ring (bicyclic) bond motifs is 1. The molecular weight excluding hydrogens is 250 g/mol. The third kappa shape index (κ3) is 1.95. The summed E-state index contributed by atoms with van der Waals surface area (Å²) < 4.78 is 0. The summed E-state index contributed by atoms with van der Waals surface area (Å²) in [6.45, 7) is 0. The first-order valence-electron chi connectivity index (χ1n) is 5.60. The van der Waals surface area contributed by atoms with Gasteiger partial charge in [0.15, 0.2) is 5.82 Å². The molecule has 1 unspecified atom stereocenters. The molecule has 0 spiro atoms. The molecule has 90 valence electrons. The molecule has 0 fully saturated rings. The third-order valence-electron chi connectivity index (χ3n) is 3.03. The lowest BCUT2D eigenvalue weighted by Gasteiger charge is -2.28. The number of anilines is 1. The van der Waals surface area contributed by atoms with Crippen molar-refractivity contribution < 1.29 is 4.79 Å². The first kappa shape index (κ1) is 11.2. The highest BCUT2D eigenvalue weighted by molar-refractivity contribution is 6.29. The molecule has 1 atom stereocenters. The van der Waals surface area contributed by atoms with Crippen LogP contribution < -0.4 is 5.32 Å². The fraction of sp³-hybridized carbons (Fsp3) is 0.154. The second-order valence-electron chi connectivity index (χ2n) is 4.17. The lowest BCUT2D eigenvalue weighted by Crippen LogP contribution is -2.30. The predicted octanol–water partition coefficient (Wildman–Crippen LogP) is 2.41. The number of halogens is 1. The number of aromatic nitrogens is 2. The molecule has 1 N–H and O–H groups in total. The van der Waals surface area contributed by atoms with E-state index in [1.165, 1.54) is 18.0 Å². The Morgan fingerprint density at radius 1 is 1.33 bits per heavy atom. The SMILES string of the molecule is O=C(Nc1cncc(Cl)n1)C1Cc2ccccc21. The van der Waals surface area contributed by atoms with Crippen molar-refractivity contribution >= 4 is 23.3 Å². The van der Waals surface area contributed by atoms with E-state index in [4.69, 9.17) is 11.6 Å². The van der Waals surface area contributed by atoms with Gasteiger partial charge in [0.2, 0.25) is 5.91 Å². The van der Waals surface area contributed by atoms with Gasteiger partial charge in [-0.3, -0.25) is 9.78 Å². The van der Waals surface area contributed by atoms with Crippen LogP contribution in [-0.2, 0) is 11.2 Å². The van der Waals surface area contributed by atoms with Crippen LogP contribution in [0.2, 0.25) is 5.15 Å². The molecule has 2 aromatic rings. The number of carbonyl (C=O) groups is 1. The topological polar surface area (TPSA) is 54.9 Å². The lowest BCUT2D eigenvalue weighted by atomic mass is 9.77. The van der Waals surface area contributed by atoms with Crippen LogP contribution in [0.15, 0.2) is 36.7 Å². The Morgan fingerprint density at radius 2 is 2.17 bits per heavy atom. The summed E-state index contributed by atoms with van der Waals surface area (Å²) in [7, 11) is 0. The summed E-state index contributed by atoms with van der Waals surface area (Å²) in [5.74, 6) is 0.226. The van der Waals surface area contributed by atoms with Gasteiger partial charge in [-0.25, -0.2) is 4.98 Å². The van der Waals surface area contributed by atoms with Gasteiger partial charge >= 0.3 is 0 Å². The molecule has 5 heteroatoms. The van der Waals surface area contributed by atoms with E-state index in [2.05, 4.69) is 15.3 Å². The van der Waals surface area contributed by atoms with Crippen molar-refractivity contribution in [3.63, 3.8) is 0 Å². The minimum absolute atomic E-state index is 0.0646. The van der Waals surface area contributed by atoms with Crippen molar-refractivity contribution in [2.75, 3.05) is 5.32 Å². The molecule has 0 aliphatic heterocycles. The zero-order chi connectivity index (χ0) is 12.5. The first-order valence-corrected chi connectivity index (χ1v) is 5.98. The largest absolute Gasteiger partial charge is 0.309 e. The van der Waals surface area contributed by atoms with Crippen molar-refractivity contribution in [3.05, 3.63) is 52.9 Å². The van der Waals surface area contributed by atoms with Crippen LogP contribution in [0.4, 0.5) is 5.82 Å². The average molecular weight is 260 g/mol. The zero-order valence-electron chi connectivity index (χ0n) is 9.43. The lowest BCUT2D eigenvalue weighted by molar-refractivity contribution is -0.118. The number of nitrogens with zero attached hydrogens (tertiary/aromatic N) is 2. The van der Waals surface area contributed by atoms with E-state index in [1.807, 2.05) is 24.3 Å². The maximum atomic E-state index is 12.0. The van der Waals surface area contributed by atoms with Gasteiger partial charge in [-0.2, -0.15) is 0 Å². The maximum Gasteiger partial charge on any atom is 0.233 e. The Kier molecular flexibility index (Phi) is 2.72. The number of hydrogen-bond acceptors (Lipinski definition) is 3. The van der Waals surface area contributed by atoms with Crippen LogP contribution >= 0.6 is 11.6 Å². The highest BCUT2D eigenvalue weighted by atomic mass is 35.5. The van der Waals surface area contributed by atoms with Gasteiger partial charge in [0, 0.05) is 0 Å². The van der Waals surface area contributed by atoms with Crippen molar-refractivity contribution in [2.24, 2.45) is 0 Å². The van der Waals surface area contributed by atoms with Crippen molar-refractivity contribution in [1.82, 2.24) is 9.97 Å². The summed E-state index contributed by atoms with van der Waals surface area (Å²) in [4.78, 5) is 19.9. The number of nitrogens with one attached hydrogen (secondary N) is 1. The summed E-state index contributed by atoms with van der Waals surface area (Å²) in [5, 5.41) is 2.99. The Balaban J connectivity index is 1.75. The van der Waals surface area contributed by atoms with Gasteiger partial charge in [0.05, 0.1) is 18.3 Å². The number of carbonyl (C=O) groups excluding carboxylic acids is 1. The van der Waals surface area contributed by atoms with Crippen LogP contribution in [-0.4, -0.2) is 15.9 Å². The minimum atomic E-state index is -0.0954. The highest BCUT2D eigenvalue weighted by Crippen LogP contribution is 2.35. The molecule has 0 radical (unpaired) electrons. The molecule has 18 heavy (non-hydrogen) atoms. The Labute approximate surface area is 109 Å². The molecular formula is C13H10ClN3O. The summed E-state index contributed by atoms with van der Waals surface area (Å²) in [6, 6.07) is 7.94. The molecule has 1 aliphatic carbocycles. The number of benzene rings is 1. The summed E-state index contributed by atoms with van der Waals surface area (Å²) in [5.41, 5.74) is 2.32. The van der Waals surface area contributed by atoms with E-state index in [1.54, 1.807) is 0 Å².